The summed E-state index contributed by atoms with van der Waals surface area (Å²) in [4.78, 5) is 25.4. The highest BCUT2D eigenvalue weighted by molar-refractivity contribution is 9.10. The average Bonchev–Trinajstić information content (AvgIpc) is 2.58. The first kappa shape index (κ1) is 16.7. The van der Waals surface area contributed by atoms with E-state index in [0.717, 1.165) is 26.5 Å². The van der Waals surface area contributed by atoms with Gasteiger partial charge in [-0.25, -0.2) is 4.79 Å². The number of carbonyl (C=O) groups is 2. The smallest absolute Gasteiger partial charge is 0.322 e. The maximum atomic E-state index is 12.6. The molecule has 1 heterocycles. The number of urea groups is 1. The largest absolute Gasteiger partial charge is 0.367 e. The zero-order valence-electron chi connectivity index (χ0n) is 13.2. The number of hydrogen-bond donors (Lipinski definition) is 2. The Balaban J connectivity index is 1.87. The van der Waals surface area contributed by atoms with E-state index in [-0.39, 0.29) is 12.6 Å². The number of fused-ring (bicyclic) bond motifs is 1. The molecule has 0 aromatic heterocycles. The van der Waals surface area contributed by atoms with Crippen molar-refractivity contribution in [2.24, 2.45) is 5.73 Å². The van der Waals surface area contributed by atoms with Crippen molar-refractivity contribution in [1.29, 1.82) is 0 Å². The third kappa shape index (κ3) is 3.22. The lowest BCUT2D eigenvalue weighted by Crippen LogP contribution is -2.51. The van der Waals surface area contributed by atoms with Gasteiger partial charge in [-0.15, -0.1) is 0 Å². The van der Waals surface area contributed by atoms with E-state index in [1.165, 1.54) is 0 Å². The summed E-state index contributed by atoms with van der Waals surface area (Å²) >= 11 is 3.56. The Hall–Kier alpha value is -2.12. The van der Waals surface area contributed by atoms with Crippen LogP contribution in [0.4, 0.5) is 10.5 Å². The van der Waals surface area contributed by atoms with E-state index in [9.17, 15) is 9.59 Å². The Morgan fingerprint density at radius 2 is 2.04 bits per heavy atom. The molecule has 1 fully saturated rings. The van der Waals surface area contributed by atoms with Crippen LogP contribution in [0.15, 0.2) is 34.8 Å². The number of nitrogens with two attached hydrogens (primary N) is 1. The first-order chi connectivity index (χ1) is 11.5. The topological polar surface area (TPSA) is 84.7 Å². The molecule has 0 saturated carbocycles. The Bertz CT molecular complexity index is 809. The molecule has 3 amide bonds. The summed E-state index contributed by atoms with van der Waals surface area (Å²) in [5.41, 5.74) is 6.99. The number of nitrogens with one attached hydrogen (secondary N) is 1. The van der Waals surface area contributed by atoms with E-state index in [2.05, 4.69) is 21.2 Å². The normalized spacial score (nSPS) is 17.8. The number of morpholine rings is 1. The Morgan fingerprint density at radius 1 is 1.33 bits per heavy atom. The Morgan fingerprint density at radius 3 is 2.75 bits per heavy atom. The van der Waals surface area contributed by atoms with Crippen molar-refractivity contribution in [3.05, 3.63) is 40.4 Å². The molecule has 0 radical (unpaired) electrons. The van der Waals surface area contributed by atoms with Gasteiger partial charge >= 0.3 is 6.03 Å². The molecule has 1 atom stereocenters. The summed E-state index contributed by atoms with van der Waals surface area (Å²) in [6.45, 7) is 2.82. The minimum atomic E-state index is -0.757. The van der Waals surface area contributed by atoms with Gasteiger partial charge in [0.05, 0.1) is 18.8 Å². The van der Waals surface area contributed by atoms with E-state index >= 15 is 0 Å². The van der Waals surface area contributed by atoms with E-state index < -0.39 is 12.0 Å². The number of primary amides is 1. The van der Waals surface area contributed by atoms with Crippen LogP contribution in [-0.4, -0.2) is 42.6 Å². The van der Waals surface area contributed by atoms with Gasteiger partial charge in [0.2, 0.25) is 5.91 Å². The summed E-state index contributed by atoms with van der Waals surface area (Å²) < 4.78 is 6.26. The molecular formula is C17H18BrN3O3. The van der Waals surface area contributed by atoms with Crippen molar-refractivity contribution in [3.8, 4) is 0 Å². The van der Waals surface area contributed by atoms with Gasteiger partial charge in [-0.1, -0.05) is 40.2 Å². The van der Waals surface area contributed by atoms with Gasteiger partial charge in [0.1, 0.15) is 0 Å². The number of benzene rings is 2. The average molecular weight is 392 g/mol. The third-order valence-corrected chi connectivity index (χ3v) is 4.75. The van der Waals surface area contributed by atoms with Crippen LogP contribution in [0.2, 0.25) is 0 Å². The lowest BCUT2D eigenvalue weighted by molar-refractivity contribution is -0.133. The van der Waals surface area contributed by atoms with Crippen LogP contribution in [0.3, 0.4) is 0 Å². The SMILES string of the molecule is Cc1cc(Br)c2ccccc2c1NC(=O)N1CCOC(C(N)=O)C1. The number of amides is 3. The van der Waals surface area contributed by atoms with Crippen molar-refractivity contribution < 1.29 is 14.3 Å². The zero-order valence-corrected chi connectivity index (χ0v) is 14.8. The Labute approximate surface area is 148 Å². The molecular weight excluding hydrogens is 374 g/mol. The number of rotatable bonds is 2. The molecule has 3 rings (SSSR count). The number of halogens is 1. The van der Waals surface area contributed by atoms with Gasteiger partial charge in [-0.2, -0.15) is 0 Å². The second-order valence-electron chi connectivity index (χ2n) is 5.73. The van der Waals surface area contributed by atoms with Gasteiger partial charge < -0.3 is 20.7 Å². The minimum absolute atomic E-state index is 0.161. The first-order valence-corrected chi connectivity index (χ1v) is 8.41. The van der Waals surface area contributed by atoms with Crippen LogP contribution >= 0.6 is 15.9 Å². The molecule has 7 heteroatoms. The number of hydrogen-bond acceptors (Lipinski definition) is 3. The van der Waals surface area contributed by atoms with Crippen molar-refractivity contribution in [2.75, 3.05) is 25.0 Å². The van der Waals surface area contributed by atoms with Crippen molar-refractivity contribution in [1.82, 2.24) is 4.90 Å². The molecule has 2 aromatic carbocycles. The second kappa shape index (κ2) is 6.78. The second-order valence-corrected chi connectivity index (χ2v) is 6.59. The zero-order chi connectivity index (χ0) is 17.3. The molecule has 1 saturated heterocycles. The van der Waals surface area contributed by atoms with Crippen LogP contribution in [0, 0.1) is 6.92 Å². The molecule has 1 aliphatic heterocycles. The fourth-order valence-electron chi connectivity index (χ4n) is 2.82. The molecule has 126 valence electrons. The predicted molar refractivity (Wildman–Crippen MR) is 95.9 cm³/mol. The van der Waals surface area contributed by atoms with Gasteiger partial charge in [0.25, 0.3) is 0 Å². The number of nitrogens with zero attached hydrogens (tertiary/aromatic N) is 1. The van der Waals surface area contributed by atoms with Gasteiger partial charge in [0, 0.05) is 16.4 Å². The molecule has 24 heavy (non-hydrogen) atoms. The van der Waals surface area contributed by atoms with Crippen LogP contribution in [-0.2, 0) is 9.53 Å². The fourth-order valence-corrected chi connectivity index (χ4v) is 3.51. The molecule has 0 spiro atoms. The van der Waals surface area contributed by atoms with Gasteiger partial charge in [-0.3, -0.25) is 4.79 Å². The first-order valence-electron chi connectivity index (χ1n) is 7.62. The molecule has 1 unspecified atom stereocenters. The van der Waals surface area contributed by atoms with E-state index in [1.54, 1.807) is 4.90 Å². The molecule has 0 bridgehead atoms. The van der Waals surface area contributed by atoms with Gasteiger partial charge in [0.15, 0.2) is 6.10 Å². The summed E-state index contributed by atoms with van der Waals surface area (Å²) in [7, 11) is 0. The predicted octanol–water partition coefficient (Wildman–Crippen LogP) is 2.63. The maximum Gasteiger partial charge on any atom is 0.322 e. The maximum absolute atomic E-state index is 12.6. The van der Waals surface area contributed by atoms with Crippen LogP contribution in [0.5, 0.6) is 0 Å². The quantitative estimate of drug-likeness (QED) is 0.824. The fraction of sp³-hybridized carbons (Fsp3) is 0.294. The van der Waals surface area contributed by atoms with Gasteiger partial charge in [-0.05, 0) is 23.9 Å². The Kier molecular flexibility index (Phi) is 4.73. The van der Waals surface area contributed by atoms with Crippen molar-refractivity contribution >= 4 is 44.3 Å². The molecule has 1 aliphatic rings. The van der Waals surface area contributed by atoms with E-state index in [0.29, 0.717) is 13.2 Å². The number of anilines is 1. The van der Waals surface area contributed by atoms with Crippen LogP contribution in [0.1, 0.15) is 5.56 Å². The summed E-state index contributed by atoms with van der Waals surface area (Å²) in [6, 6.07) is 9.55. The molecule has 6 nitrogen and oxygen atoms in total. The lowest BCUT2D eigenvalue weighted by atomic mass is 10.0. The summed E-state index contributed by atoms with van der Waals surface area (Å²) in [6.07, 6.45) is -0.757. The lowest BCUT2D eigenvalue weighted by Gasteiger charge is -2.31. The van der Waals surface area contributed by atoms with Crippen molar-refractivity contribution in [3.63, 3.8) is 0 Å². The molecule has 2 aromatic rings. The monoisotopic (exact) mass is 391 g/mol. The minimum Gasteiger partial charge on any atom is -0.367 e. The number of carbonyl (C=O) groups excluding carboxylic acids is 2. The third-order valence-electron chi connectivity index (χ3n) is 4.09. The van der Waals surface area contributed by atoms with Crippen LogP contribution in [0.25, 0.3) is 10.8 Å². The summed E-state index contributed by atoms with van der Waals surface area (Å²) in [5.74, 6) is -0.558. The highest BCUT2D eigenvalue weighted by Gasteiger charge is 2.28. The highest BCUT2D eigenvalue weighted by atomic mass is 79.9. The van der Waals surface area contributed by atoms with Crippen LogP contribution < -0.4 is 11.1 Å². The molecule has 3 N–H and O–H groups in total. The molecule has 0 aliphatic carbocycles. The standard InChI is InChI=1S/C17H18BrN3O3/c1-10-8-13(18)11-4-2-3-5-12(11)15(10)20-17(23)21-6-7-24-14(9-21)16(19)22/h2-5,8,14H,6-7,9H2,1H3,(H2,19,22)(H,20,23). The van der Waals surface area contributed by atoms with E-state index in [1.807, 2.05) is 37.3 Å². The number of aryl methyl sites for hydroxylation is 1. The highest BCUT2D eigenvalue weighted by Crippen LogP contribution is 2.33. The number of ether oxygens (including phenoxy) is 1. The van der Waals surface area contributed by atoms with E-state index in [4.69, 9.17) is 10.5 Å². The van der Waals surface area contributed by atoms with Crippen molar-refractivity contribution in [2.45, 2.75) is 13.0 Å². The summed E-state index contributed by atoms with van der Waals surface area (Å²) in [5, 5.41) is 4.95.